The van der Waals surface area contributed by atoms with Crippen molar-refractivity contribution in [3.05, 3.63) is 51.2 Å². The Balaban J connectivity index is 1.66. The zero-order valence-corrected chi connectivity index (χ0v) is 15.5. The van der Waals surface area contributed by atoms with Crippen LogP contribution in [-0.2, 0) is 12.8 Å². The lowest BCUT2D eigenvalue weighted by Gasteiger charge is -2.20. The second kappa shape index (κ2) is 7.58. The molecule has 0 spiro atoms. The van der Waals surface area contributed by atoms with E-state index in [9.17, 15) is 15.0 Å². The van der Waals surface area contributed by atoms with Crippen molar-refractivity contribution in [3.63, 3.8) is 0 Å². The molecule has 1 amide bonds. The number of hydrogen-bond acceptors (Lipinski definition) is 4. The number of carbonyl (C=O) groups is 1. The zero-order valence-electron chi connectivity index (χ0n) is 14.7. The van der Waals surface area contributed by atoms with Crippen LogP contribution in [0, 0.1) is 5.92 Å². The van der Waals surface area contributed by atoms with Crippen molar-refractivity contribution < 1.29 is 15.0 Å². The van der Waals surface area contributed by atoms with Gasteiger partial charge in [-0.2, -0.15) is 0 Å². The number of aryl methyl sites for hydroxylation is 1. The molecule has 3 rings (SSSR count). The molecule has 134 valence electrons. The Bertz CT molecular complexity index is 738. The van der Waals surface area contributed by atoms with E-state index in [1.165, 1.54) is 35.4 Å². The molecule has 1 aromatic carbocycles. The van der Waals surface area contributed by atoms with Gasteiger partial charge in [0.05, 0.1) is 17.0 Å². The molecule has 0 aliphatic heterocycles. The molecule has 1 heterocycles. The topological polar surface area (TPSA) is 69.6 Å². The van der Waals surface area contributed by atoms with Crippen molar-refractivity contribution in [3.8, 4) is 5.75 Å². The first-order valence-corrected chi connectivity index (χ1v) is 9.69. The zero-order chi connectivity index (χ0) is 18.0. The summed E-state index contributed by atoms with van der Waals surface area (Å²) in [7, 11) is 0. The lowest BCUT2D eigenvalue weighted by Crippen LogP contribution is -2.36. The number of benzene rings is 1. The fourth-order valence-electron chi connectivity index (χ4n) is 3.38. The van der Waals surface area contributed by atoms with Crippen molar-refractivity contribution in [1.29, 1.82) is 0 Å². The average Bonchev–Trinajstić information content (AvgIpc) is 3.04. The van der Waals surface area contributed by atoms with Gasteiger partial charge in [0.25, 0.3) is 5.91 Å². The Morgan fingerprint density at radius 2 is 2.08 bits per heavy atom. The SMILES string of the molecule is CCC1CCc2sc(C(=O)NC(C)C(O)c3ccc(O)cc3)cc2C1. The third-order valence-corrected chi connectivity index (χ3v) is 6.29. The van der Waals surface area contributed by atoms with Crippen LogP contribution in [0.3, 0.4) is 0 Å². The molecule has 3 N–H and O–H groups in total. The highest BCUT2D eigenvalue weighted by atomic mass is 32.1. The number of rotatable bonds is 5. The number of aromatic hydroxyl groups is 1. The molecule has 2 aromatic rings. The van der Waals surface area contributed by atoms with Crippen molar-refractivity contribution >= 4 is 17.2 Å². The molecule has 1 aliphatic rings. The van der Waals surface area contributed by atoms with Gasteiger partial charge in [0, 0.05) is 4.88 Å². The summed E-state index contributed by atoms with van der Waals surface area (Å²) in [5.41, 5.74) is 1.99. The van der Waals surface area contributed by atoms with Crippen LogP contribution in [0.15, 0.2) is 30.3 Å². The fourth-order valence-corrected chi connectivity index (χ4v) is 4.49. The van der Waals surface area contributed by atoms with E-state index in [0.29, 0.717) is 5.56 Å². The van der Waals surface area contributed by atoms with Crippen molar-refractivity contribution in [2.75, 3.05) is 0 Å². The van der Waals surface area contributed by atoms with Gasteiger partial charge in [-0.3, -0.25) is 4.79 Å². The largest absolute Gasteiger partial charge is 0.508 e. The maximum absolute atomic E-state index is 12.6. The number of aliphatic hydroxyl groups excluding tert-OH is 1. The summed E-state index contributed by atoms with van der Waals surface area (Å²) in [6.07, 6.45) is 3.72. The van der Waals surface area contributed by atoms with Crippen LogP contribution in [0.1, 0.15) is 58.5 Å². The molecule has 4 nitrogen and oxygen atoms in total. The summed E-state index contributed by atoms with van der Waals surface area (Å²) >= 11 is 1.58. The third-order valence-electron chi connectivity index (χ3n) is 5.05. The Hall–Kier alpha value is -1.85. The van der Waals surface area contributed by atoms with Crippen molar-refractivity contribution in [2.24, 2.45) is 5.92 Å². The van der Waals surface area contributed by atoms with Crippen LogP contribution >= 0.6 is 11.3 Å². The third kappa shape index (κ3) is 4.05. The van der Waals surface area contributed by atoms with Gasteiger partial charge in [0.1, 0.15) is 5.75 Å². The van der Waals surface area contributed by atoms with E-state index in [0.717, 1.165) is 23.6 Å². The summed E-state index contributed by atoms with van der Waals surface area (Å²) in [5, 5.41) is 22.7. The molecule has 0 bridgehead atoms. The first kappa shape index (κ1) is 18.0. The molecule has 0 saturated carbocycles. The van der Waals surface area contributed by atoms with Crippen LogP contribution < -0.4 is 5.32 Å². The summed E-state index contributed by atoms with van der Waals surface area (Å²) in [4.78, 5) is 14.6. The predicted octanol–water partition coefficient (Wildman–Crippen LogP) is 3.82. The molecule has 5 heteroatoms. The van der Waals surface area contributed by atoms with E-state index < -0.39 is 12.1 Å². The number of carbonyl (C=O) groups excluding carboxylic acids is 1. The minimum Gasteiger partial charge on any atom is -0.508 e. The van der Waals surface area contributed by atoms with Crippen LogP contribution in [0.25, 0.3) is 0 Å². The molecule has 0 radical (unpaired) electrons. The lowest BCUT2D eigenvalue weighted by atomic mass is 9.87. The summed E-state index contributed by atoms with van der Waals surface area (Å²) in [5.74, 6) is 0.758. The Morgan fingerprint density at radius 3 is 2.76 bits per heavy atom. The highest BCUT2D eigenvalue weighted by Crippen LogP contribution is 2.33. The highest BCUT2D eigenvalue weighted by Gasteiger charge is 2.24. The van der Waals surface area contributed by atoms with E-state index in [4.69, 9.17) is 0 Å². The molecular formula is C20H25NO3S. The second-order valence-electron chi connectivity index (χ2n) is 6.87. The smallest absolute Gasteiger partial charge is 0.261 e. The second-order valence-corrected chi connectivity index (χ2v) is 8.01. The van der Waals surface area contributed by atoms with E-state index in [2.05, 4.69) is 12.2 Å². The number of nitrogens with one attached hydrogen (secondary N) is 1. The van der Waals surface area contributed by atoms with E-state index in [1.807, 2.05) is 6.07 Å². The number of amides is 1. The molecule has 1 aliphatic carbocycles. The predicted molar refractivity (Wildman–Crippen MR) is 100 cm³/mol. The number of thiophene rings is 1. The van der Waals surface area contributed by atoms with E-state index >= 15 is 0 Å². The number of phenolic OH excluding ortho intramolecular Hbond substituents is 1. The highest BCUT2D eigenvalue weighted by molar-refractivity contribution is 7.14. The number of hydrogen-bond donors (Lipinski definition) is 3. The molecule has 0 fully saturated rings. The lowest BCUT2D eigenvalue weighted by molar-refractivity contribution is 0.0855. The van der Waals surface area contributed by atoms with Gasteiger partial charge >= 0.3 is 0 Å². The van der Waals surface area contributed by atoms with Crippen molar-refractivity contribution in [2.45, 2.75) is 51.7 Å². The number of fused-ring (bicyclic) bond motifs is 1. The van der Waals surface area contributed by atoms with Crippen LogP contribution in [0.4, 0.5) is 0 Å². The maximum atomic E-state index is 12.6. The van der Waals surface area contributed by atoms with Gasteiger partial charge in [0.2, 0.25) is 0 Å². The fraction of sp³-hybridized carbons (Fsp3) is 0.450. The first-order valence-electron chi connectivity index (χ1n) is 8.87. The summed E-state index contributed by atoms with van der Waals surface area (Å²) in [6.45, 7) is 4.01. The number of phenols is 1. The Kier molecular flexibility index (Phi) is 5.45. The van der Waals surface area contributed by atoms with Gasteiger partial charge in [-0.05, 0) is 61.4 Å². The normalized spacial score (nSPS) is 19.1. The molecular weight excluding hydrogens is 334 g/mol. The average molecular weight is 359 g/mol. The summed E-state index contributed by atoms with van der Waals surface area (Å²) in [6, 6.07) is 8.00. The van der Waals surface area contributed by atoms with Gasteiger partial charge in [-0.1, -0.05) is 25.5 Å². The minimum atomic E-state index is -0.816. The summed E-state index contributed by atoms with van der Waals surface area (Å²) < 4.78 is 0. The molecule has 3 unspecified atom stereocenters. The van der Waals surface area contributed by atoms with Gasteiger partial charge in [-0.25, -0.2) is 0 Å². The monoisotopic (exact) mass is 359 g/mol. The quantitative estimate of drug-likeness (QED) is 0.760. The number of aliphatic hydroxyl groups is 1. The van der Waals surface area contributed by atoms with Gasteiger partial charge in [0.15, 0.2) is 0 Å². The maximum Gasteiger partial charge on any atom is 0.261 e. The molecule has 0 saturated heterocycles. The minimum absolute atomic E-state index is 0.127. The van der Waals surface area contributed by atoms with Crippen LogP contribution in [0.5, 0.6) is 5.75 Å². The Labute approximate surface area is 152 Å². The van der Waals surface area contributed by atoms with Gasteiger partial charge in [-0.15, -0.1) is 11.3 Å². The standard InChI is InChI=1S/C20H25NO3S/c1-3-13-4-9-17-15(10-13)11-18(25-17)20(24)21-12(2)19(23)14-5-7-16(22)8-6-14/h5-8,11-13,19,22-23H,3-4,9-10H2,1-2H3,(H,21,24). The van der Waals surface area contributed by atoms with Crippen LogP contribution in [-0.4, -0.2) is 22.2 Å². The molecule has 3 atom stereocenters. The molecule has 25 heavy (non-hydrogen) atoms. The van der Waals surface area contributed by atoms with Crippen LogP contribution in [0.2, 0.25) is 0 Å². The van der Waals surface area contributed by atoms with Gasteiger partial charge < -0.3 is 15.5 Å². The first-order chi connectivity index (χ1) is 12.0. The van der Waals surface area contributed by atoms with E-state index in [1.54, 1.807) is 30.4 Å². The van der Waals surface area contributed by atoms with Crippen molar-refractivity contribution in [1.82, 2.24) is 5.32 Å². The molecule has 1 aromatic heterocycles. The van der Waals surface area contributed by atoms with E-state index in [-0.39, 0.29) is 11.7 Å². The Morgan fingerprint density at radius 1 is 1.36 bits per heavy atom.